The molecule has 0 bridgehead atoms. The molecule has 2 aromatic carbocycles. The summed E-state index contributed by atoms with van der Waals surface area (Å²) in [6.45, 7) is 1.25. The maximum Gasteiger partial charge on any atom is 0.246 e. The van der Waals surface area contributed by atoms with Crippen molar-refractivity contribution in [2.45, 2.75) is 19.5 Å². The topological polar surface area (TPSA) is 83.3 Å². The van der Waals surface area contributed by atoms with Gasteiger partial charge in [-0.15, -0.1) is 0 Å². The maximum atomic E-state index is 13.7. The molecule has 1 amide bonds. The Labute approximate surface area is 175 Å². The Morgan fingerprint density at radius 2 is 2.00 bits per heavy atom. The van der Waals surface area contributed by atoms with Crippen molar-refractivity contribution in [2.75, 3.05) is 18.9 Å². The number of aliphatic imine (C=N–C) groups is 1. The van der Waals surface area contributed by atoms with Crippen LogP contribution in [0.4, 0.5) is 10.1 Å². The van der Waals surface area contributed by atoms with Crippen molar-refractivity contribution in [1.82, 2.24) is 20.4 Å². The van der Waals surface area contributed by atoms with Crippen LogP contribution in [-0.4, -0.2) is 35.2 Å². The lowest BCUT2D eigenvalue weighted by atomic mass is 10.1. The molecule has 0 fully saturated rings. The van der Waals surface area contributed by atoms with Gasteiger partial charge in [-0.05, 0) is 41.8 Å². The number of halogens is 1. The zero-order chi connectivity index (χ0) is 21.2. The van der Waals surface area contributed by atoms with Crippen LogP contribution >= 0.6 is 0 Å². The van der Waals surface area contributed by atoms with E-state index in [1.54, 1.807) is 42.3 Å². The van der Waals surface area contributed by atoms with Crippen molar-refractivity contribution in [3.05, 3.63) is 83.9 Å². The highest BCUT2D eigenvalue weighted by Crippen LogP contribution is 2.11. The van der Waals surface area contributed by atoms with Gasteiger partial charge in [0.15, 0.2) is 5.96 Å². The van der Waals surface area contributed by atoms with E-state index in [1.807, 2.05) is 30.3 Å². The largest absolute Gasteiger partial charge is 0.356 e. The summed E-state index contributed by atoms with van der Waals surface area (Å²) in [4.78, 5) is 16.3. The molecule has 0 saturated heterocycles. The van der Waals surface area contributed by atoms with Crippen LogP contribution in [0.3, 0.4) is 0 Å². The van der Waals surface area contributed by atoms with E-state index in [-0.39, 0.29) is 18.3 Å². The van der Waals surface area contributed by atoms with Gasteiger partial charge in [-0.1, -0.05) is 30.3 Å². The van der Waals surface area contributed by atoms with Crippen molar-refractivity contribution in [3.63, 3.8) is 0 Å². The van der Waals surface area contributed by atoms with Crippen LogP contribution in [0.15, 0.2) is 72.0 Å². The summed E-state index contributed by atoms with van der Waals surface area (Å²) in [6.07, 6.45) is 3.94. The van der Waals surface area contributed by atoms with Crippen LogP contribution in [-0.2, 0) is 24.3 Å². The van der Waals surface area contributed by atoms with Gasteiger partial charge in [0.1, 0.15) is 12.4 Å². The first-order chi connectivity index (χ1) is 14.6. The molecule has 0 spiro atoms. The van der Waals surface area contributed by atoms with Crippen LogP contribution in [0.5, 0.6) is 0 Å². The second kappa shape index (κ2) is 10.8. The molecule has 0 radical (unpaired) electrons. The number of amides is 1. The van der Waals surface area contributed by atoms with Crippen LogP contribution in [0, 0.1) is 5.82 Å². The standard InChI is InChI=1S/C22H25FN6O/c1-24-22(25-12-10-18-7-2-3-9-20(18)23)26-15-17-6-4-8-19(14-17)28-21(30)16-29-13-5-11-27-29/h2-9,11,13-14H,10,12,15-16H2,1H3,(H,28,30)(H2,24,25,26). The average molecular weight is 408 g/mol. The Kier molecular flexibility index (Phi) is 7.54. The molecule has 0 aliphatic rings. The van der Waals surface area contributed by atoms with E-state index in [4.69, 9.17) is 0 Å². The number of aromatic nitrogens is 2. The van der Waals surface area contributed by atoms with Crippen molar-refractivity contribution in [3.8, 4) is 0 Å². The minimum Gasteiger partial charge on any atom is -0.356 e. The van der Waals surface area contributed by atoms with Gasteiger partial charge in [-0.2, -0.15) is 5.10 Å². The highest BCUT2D eigenvalue weighted by atomic mass is 19.1. The lowest BCUT2D eigenvalue weighted by Crippen LogP contribution is -2.37. The number of nitrogens with one attached hydrogen (secondary N) is 3. The molecule has 3 aromatic rings. The fraction of sp³-hybridized carbons (Fsp3) is 0.227. The number of hydrogen-bond donors (Lipinski definition) is 3. The molecule has 0 saturated carbocycles. The monoisotopic (exact) mass is 408 g/mol. The first-order valence-corrected chi connectivity index (χ1v) is 9.68. The minimum absolute atomic E-state index is 0.144. The molecule has 0 atom stereocenters. The number of anilines is 1. The van der Waals surface area contributed by atoms with Crippen LogP contribution in [0.25, 0.3) is 0 Å². The van der Waals surface area contributed by atoms with Gasteiger partial charge in [-0.25, -0.2) is 4.39 Å². The Hall–Kier alpha value is -3.68. The second-order valence-electron chi connectivity index (χ2n) is 6.65. The molecule has 0 unspecified atom stereocenters. The summed E-state index contributed by atoms with van der Waals surface area (Å²) in [7, 11) is 1.68. The molecule has 30 heavy (non-hydrogen) atoms. The zero-order valence-corrected chi connectivity index (χ0v) is 16.8. The van der Waals surface area contributed by atoms with Gasteiger partial charge in [0, 0.05) is 38.2 Å². The summed E-state index contributed by atoms with van der Waals surface area (Å²) in [5.74, 6) is 0.280. The van der Waals surface area contributed by atoms with E-state index in [9.17, 15) is 9.18 Å². The van der Waals surface area contributed by atoms with E-state index in [2.05, 4.69) is 26.0 Å². The predicted molar refractivity (Wildman–Crippen MR) is 116 cm³/mol. The summed E-state index contributed by atoms with van der Waals surface area (Å²) >= 11 is 0. The zero-order valence-electron chi connectivity index (χ0n) is 16.8. The number of nitrogens with zero attached hydrogens (tertiary/aromatic N) is 3. The normalized spacial score (nSPS) is 11.2. The lowest BCUT2D eigenvalue weighted by molar-refractivity contribution is -0.116. The molecule has 3 rings (SSSR count). The number of guanidine groups is 1. The number of carbonyl (C=O) groups excluding carboxylic acids is 1. The Balaban J connectivity index is 1.46. The van der Waals surface area contributed by atoms with Crippen LogP contribution < -0.4 is 16.0 Å². The van der Waals surface area contributed by atoms with E-state index >= 15 is 0 Å². The fourth-order valence-electron chi connectivity index (χ4n) is 2.92. The Bertz CT molecular complexity index is 987. The quantitative estimate of drug-likeness (QED) is 0.395. The molecular weight excluding hydrogens is 383 g/mol. The van der Waals surface area contributed by atoms with Crippen LogP contribution in [0.2, 0.25) is 0 Å². The molecule has 0 aliphatic carbocycles. The first-order valence-electron chi connectivity index (χ1n) is 9.68. The van der Waals surface area contributed by atoms with Gasteiger partial charge in [0.25, 0.3) is 0 Å². The highest BCUT2D eigenvalue weighted by Gasteiger charge is 2.05. The summed E-state index contributed by atoms with van der Waals surface area (Å²) in [5.41, 5.74) is 2.37. The van der Waals surface area contributed by atoms with E-state index in [0.29, 0.717) is 36.7 Å². The number of carbonyl (C=O) groups is 1. The molecule has 1 heterocycles. The fourth-order valence-corrected chi connectivity index (χ4v) is 2.92. The average Bonchev–Trinajstić information content (AvgIpc) is 3.25. The molecule has 8 heteroatoms. The van der Waals surface area contributed by atoms with E-state index in [1.165, 1.54) is 6.07 Å². The van der Waals surface area contributed by atoms with Gasteiger partial charge in [0.2, 0.25) is 5.91 Å². The molecular formula is C22H25FN6O. The summed E-state index contributed by atoms with van der Waals surface area (Å²) in [6, 6.07) is 16.1. The van der Waals surface area contributed by atoms with Gasteiger partial charge in [-0.3, -0.25) is 14.5 Å². The molecule has 3 N–H and O–H groups in total. The smallest absolute Gasteiger partial charge is 0.246 e. The van der Waals surface area contributed by atoms with Gasteiger partial charge >= 0.3 is 0 Å². The third-order valence-electron chi connectivity index (χ3n) is 4.40. The van der Waals surface area contributed by atoms with Crippen molar-refractivity contribution >= 4 is 17.6 Å². The van der Waals surface area contributed by atoms with Gasteiger partial charge < -0.3 is 16.0 Å². The van der Waals surface area contributed by atoms with Gasteiger partial charge in [0.05, 0.1) is 0 Å². The second-order valence-corrected chi connectivity index (χ2v) is 6.65. The number of rotatable bonds is 8. The van der Waals surface area contributed by atoms with Crippen molar-refractivity contribution < 1.29 is 9.18 Å². The number of benzene rings is 2. The minimum atomic E-state index is -0.200. The number of hydrogen-bond acceptors (Lipinski definition) is 3. The third-order valence-corrected chi connectivity index (χ3v) is 4.40. The van der Waals surface area contributed by atoms with Crippen molar-refractivity contribution in [2.24, 2.45) is 4.99 Å². The van der Waals surface area contributed by atoms with Crippen molar-refractivity contribution in [1.29, 1.82) is 0 Å². The molecule has 0 aliphatic heterocycles. The third kappa shape index (κ3) is 6.44. The van der Waals surface area contributed by atoms with Crippen LogP contribution in [0.1, 0.15) is 11.1 Å². The molecule has 1 aromatic heterocycles. The SMILES string of the molecule is CN=C(NCCc1ccccc1F)NCc1cccc(NC(=O)Cn2cccn2)c1. The summed E-state index contributed by atoms with van der Waals surface area (Å²) in [5, 5.41) is 13.3. The van der Waals surface area contributed by atoms with E-state index < -0.39 is 0 Å². The Morgan fingerprint density at radius 3 is 2.77 bits per heavy atom. The first kappa shape index (κ1) is 21.0. The molecule has 7 nitrogen and oxygen atoms in total. The van der Waals surface area contributed by atoms with E-state index in [0.717, 1.165) is 5.56 Å². The lowest BCUT2D eigenvalue weighted by Gasteiger charge is -2.13. The summed E-state index contributed by atoms with van der Waals surface area (Å²) < 4.78 is 15.3. The predicted octanol–water partition coefficient (Wildman–Crippen LogP) is 2.57. The Morgan fingerprint density at radius 1 is 1.13 bits per heavy atom. The highest BCUT2D eigenvalue weighted by molar-refractivity contribution is 5.90. The molecule has 156 valence electrons. The maximum absolute atomic E-state index is 13.7.